The lowest BCUT2D eigenvalue weighted by atomic mass is 10.1. The van der Waals surface area contributed by atoms with Gasteiger partial charge in [-0.15, -0.1) is 10.2 Å². The number of hydrogen-bond donors (Lipinski definition) is 0. The van der Waals surface area contributed by atoms with Crippen LogP contribution < -0.4 is 0 Å². The average Bonchev–Trinajstić information content (AvgIpc) is 3.14. The molecule has 0 aliphatic heterocycles. The topological polar surface area (TPSA) is 43.1 Å². The monoisotopic (exact) mass is 334 g/mol. The molecule has 0 bridgehead atoms. The van der Waals surface area contributed by atoms with Crippen LogP contribution in [0.4, 0.5) is 0 Å². The lowest BCUT2D eigenvalue weighted by molar-refractivity contribution is 0.969. The van der Waals surface area contributed by atoms with Crippen molar-refractivity contribution in [1.82, 2.24) is 19.8 Å². The van der Waals surface area contributed by atoms with E-state index in [-0.39, 0.29) is 0 Å². The second-order valence-corrected chi connectivity index (χ2v) is 7.01. The summed E-state index contributed by atoms with van der Waals surface area (Å²) in [5, 5.41) is 14.3. The van der Waals surface area contributed by atoms with Crippen LogP contribution in [0.5, 0.6) is 0 Å². The minimum absolute atomic E-state index is 0.796. The summed E-state index contributed by atoms with van der Waals surface area (Å²) in [5.74, 6) is 0.796. The number of benzene rings is 2. The van der Waals surface area contributed by atoms with Crippen LogP contribution in [-0.4, -0.2) is 19.8 Å². The maximum atomic E-state index is 4.74. The van der Waals surface area contributed by atoms with E-state index in [1.54, 1.807) is 11.3 Å². The second kappa shape index (κ2) is 5.83. The van der Waals surface area contributed by atoms with Crippen molar-refractivity contribution in [3.63, 3.8) is 0 Å². The molecule has 0 fully saturated rings. The van der Waals surface area contributed by atoms with Crippen molar-refractivity contribution in [3.05, 3.63) is 59.2 Å². The third-order valence-corrected chi connectivity index (χ3v) is 5.03. The van der Waals surface area contributed by atoms with Crippen LogP contribution in [0.15, 0.2) is 42.5 Å². The van der Waals surface area contributed by atoms with Gasteiger partial charge in [-0.05, 0) is 38.0 Å². The normalized spacial score (nSPS) is 11.3. The molecule has 24 heavy (non-hydrogen) atoms. The fraction of sp³-hybridized carbons (Fsp3) is 0.211. The van der Waals surface area contributed by atoms with Crippen molar-refractivity contribution in [2.24, 2.45) is 0 Å². The van der Waals surface area contributed by atoms with Crippen LogP contribution >= 0.6 is 11.3 Å². The van der Waals surface area contributed by atoms with Crippen molar-refractivity contribution in [3.8, 4) is 22.0 Å². The Morgan fingerprint density at radius 1 is 0.917 bits per heavy atom. The summed E-state index contributed by atoms with van der Waals surface area (Å²) in [6.07, 6.45) is 1.04. The molecule has 0 spiro atoms. The number of hydrogen-bond acceptors (Lipinski definition) is 4. The van der Waals surface area contributed by atoms with Gasteiger partial charge in [-0.1, -0.05) is 59.7 Å². The van der Waals surface area contributed by atoms with Crippen molar-refractivity contribution in [2.75, 3.05) is 0 Å². The molecule has 0 amide bonds. The van der Waals surface area contributed by atoms with Gasteiger partial charge in [-0.25, -0.2) is 0 Å². The van der Waals surface area contributed by atoms with Gasteiger partial charge >= 0.3 is 0 Å². The third-order valence-electron chi connectivity index (χ3n) is 4.08. The summed E-state index contributed by atoms with van der Waals surface area (Å²) in [6, 6.07) is 15.0. The smallest absolute Gasteiger partial charge is 0.182 e. The summed E-state index contributed by atoms with van der Waals surface area (Å²) in [7, 11) is 0. The first kappa shape index (κ1) is 15.0. The number of fused-ring (bicyclic) bond motifs is 1. The van der Waals surface area contributed by atoms with Gasteiger partial charge in [-0.3, -0.25) is 0 Å². The molecule has 0 saturated heterocycles. The third kappa shape index (κ3) is 2.61. The second-order valence-electron chi connectivity index (χ2n) is 6.05. The molecule has 0 saturated carbocycles. The largest absolute Gasteiger partial charge is 0.235 e. The van der Waals surface area contributed by atoms with Gasteiger partial charge in [0.25, 0.3) is 0 Å². The molecule has 2 heterocycles. The SMILES string of the molecule is CCc1ccc(-c2nn3c(-c4cc(C)cc(C)c4)nnc3s2)cc1. The quantitative estimate of drug-likeness (QED) is 0.545. The molecule has 5 heteroatoms. The highest BCUT2D eigenvalue weighted by molar-refractivity contribution is 7.19. The fourth-order valence-corrected chi connectivity index (χ4v) is 3.75. The molecule has 0 aliphatic carbocycles. The average molecular weight is 334 g/mol. The highest BCUT2D eigenvalue weighted by Crippen LogP contribution is 2.29. The highest BCUT2D eigenvalue weighted by atomic mass is 32.1. The van der Waals surface area contributed by atoms with E-state index in [9.17, 15) is 0 Å². The zero-order chi connectivity index (χ0) is 16.7. The van der Waals surface area contributed by atoms with Crippen molar-refractivity contribution in [1.29, 1.82) is 0 Å². The Morgan fingerprint density at radius 3 is 2.29 bits per heavy atom. The Kier molecular flexibility index (Phi) is 3.65. The van der Waals surface area contributed by atoms with E-state index < -0.39 is 0 Å². The van der Waals surface area contributed by atoms with Gasteiger partial charge in [-0.2, -0.15) is 9.61 Å². The molecule has 4 nitrogen and oxygen atoms in total. The Hall–Kier alpha value is -2.53. The van der Waals surface area contributed by atoms with Gasteiger partial charge < -0.3 is 0 Å². The van der Waals surface area contributed by atoms with Gasteiger partial charge in [0, 0.05) is 11.1 Å². The predicted octanol–water partition coefficient (Wildman–Crippen LogP) is 4.70. The lowest BCUT2D eigenvalue weighted by Gasteiger charge is -2.02. The van der Waals surface area contributed by atoms with Crippen LogP contribution in [-0.2, 0) is 6.42 Å². The molecule has 0 atom stereocenters. The molecule has 4 rings (SSSR count). The van der Waals surface area contributed by atoms with E-state index in [1.807, 2.05) is 4.52 Å². The molecular weight excluding hydrogens is 316 g/mol. The van der Waals surface area contributed by atoms with Gasteiger partial charge in [0.2, 0.25) is 4.96 Å². The lowest BCUT2D eigenvalue weighted by Crippen LogP contribution is -1.92. The Labute approximate surface area is 144 Å². The zero-order valence-electron chi connectivity index (χ0n) is 13.9. The van der Waals surface area contributed by atoms with E-state index in [2.05, 4.69) is 73.4 Å². The Morgan fingerprint density at radius 2 is 1.62 bits per heavy atom. The minimum Gasteiger partial charge on any atom is -0.182 e. The first-order valence-corrected chi connectivity index (χ1v) is 8.86. The molecule has 0 radical (unpaired) electrons. The maximum Gasteiger partial charge on any atom is 0.235 e. The van der Waals surface area contributed by atoms with Crippen molar-refractivity contribution in [2.45, 2.75) is 27.2 Å². The Balaban J connectivity index is 1.80. The molecule has 0 unspecified atom stereocenters. The van der Waals surface area contributed by atoms with Crippen LogP contribution in [0.2, 0.25) is 0 Å². The summed E-state index contributed by atoms with van der Waals surface area (Å²) < 4.78 is 1.85. The maximum absolute atomic E-state index is 4.74. The summed E-state index contributed by atoms with van der Waals surface area (Å²) >= 11 is 1.57. The van der Waals surface area contributed by atoms with Crippen molar-refractivity contribution >= 4 is 16.3 Å². The summed E-state index contributed by atoms with van der Waals surface area (Å²) in [6.45, 7) is 6.35. The molecule has 4 aromatic rings. The zero-order valence-corrected chi connectivity index (χ0v) is 14.8. The number of rotatable bonds is 3. The summed E-state index contributed by atoms with van der Waals surface area (Å²) in [4.78, 5) is 0.818. The number of nitrogens with zero attached hydrogens (tertiary/aromatic N) is 4. The van der Waals surface area contributed by atoms with E-state index in [1.165, 1.54) is 16.7 Å². The molecule has 2 aromatic carbocycles. The van der Waals surface area contributed by atoms with Gasteiger partial charge in [0.05, 0.1) is 0 Å². The number of aryl methyl sites for hydroxylation is 3. The molecule has 2 aromatic heterocycles. The molecular formula is C19H18N4S. The molecule has 120 valence electrons. The van der Waals surface area contributed by atoms with E-state index in [4.69, 9.17) is 5.10 Å². The van der Waals surface area contributed by atoms with Gasteiger partial charge in [0.15, 0.2) is 5.82 Å². The number of aromatic nitrogens is 4. The molecule has 0 N–H and O–H groups in total. The van der Waals surface area contributed by atoms with E-state index in [0.29, 0.717) is 0 Å². The minimum atomic E-state index is 0.796. The Bertz CT molecular complexity index is 991. The van der Waals surface area contributed by atoms with Crippen molar-refractivity contribution < 1.29 is 0 Å². The van der Waals surface area contributed by atoms with Crippen LogP contribution in [0, 0.1) is 13.8 Å². The fourth-order valence-electron chi connectivity index (χ4n) is 2.90. The van der Waals surface area contributed by atoms with Crippen LogP contribution in [0.25, 0.3) is 26.9 Å². The predicted molar refractivity (Wildman–Crippen MR) is 98.4 cm³/mol. The standard InChI is InChI=1S/C19H18N4S/c1-4-14-5-7-15(8-6-14)18-22-23-17(20-21-19(23)24-18)16-10-12(2)9-13(3)11-16/h5-11H,4H2,1-3H3. The van der Waals surface area contributed by atoms with E-state index in [0.717, 1.165) is 33.3 Å². The first-order valence-electron chi connectivity index (χ1n) is 8.04. The highest BCUT2D eigenvalue weighted by Gasteiger charge is 2.14. The summed E-state index contributed by atoms with van der Waals surface area (Å²) in [5.41, 5.74) is 5.93. The van der Waals surface area contributed by atoms with E-state index >= 15 is 0 Å². The van der Waals surface area contributed by atoms with Crippen LogP contribution in [0.3, 0.4) is 0 Å². The first-order chi connectivity index (χ1) is 11.6. The molecule has 0 aliphatic rings. The van der Waals surface area contributed by atoms with Crippen LogP contribution in [0.1, 0.15) is 23.6 Å². The van der Waals surface area contributed by atoms with Gasteiger partial charge in [0.1, 0.15) is 5.01 Å².